The summed E-state index contributed by atoms with van der Waals surface area (Å²) in [5.74, 6) is 0. The Balaban J connectivity index is 1.76. The molecule has 0 atom stereocenters. The molecule has 5 nitrogen and oxygen atoms in total. The van der Waals surface area contributed by atoms with Crippen molar-refractivity contribution in [2.75, 3.05) is 39.3 Å². The van der Waals surface area contributed by atoms with Crippen molar-refractivity contribution in [3.63, 3.8) is 0 Å². The second-order valence-corrected chi connectivity index (χ2v) is 7.77. The molecule has 1 heterocycles. The van der Waals surface area contributed by atoms with Gasteiger partial charge in [0.1, 0.15) is 0 Å². The van der Waals surface area contributed by atoms with Gasteiger partial charge in [-0.3, -0.25) is 4.90 Å². The fourth-order valence-electron chi connectivity index (χ4n) is 3.11. The molecule has 1 N–H and O–H groups in total. The molecule has 0 spiro atoms. The molecule has 22 heavy (non-hydrogen) atoms. The summed E-state index contributed by atoms with van der Waals surface area (Å²) in [6, 6.07) is 7.97. The first-order chi connectivity index (χ1) is 10.6. The number of allylic oxidation sites excluding steroid dienone is 1. The van der Waals surface area contributed by atoms with E-state index in [4.69, 9.17) is 5.11 Å². The Morgan fingerprint density at radius 2 is 1.77 bits per heavy atom. The van der Waals surface area contributed by atoms with E-state index >= 15 is 0 Å². The van der Waals surface area contributed by atoms with Gasteiger partial charge in [-0.1, -0.05) is 24.3 Å². The van der Waals surface area contributed by atoms with Crippen molar-refractivity contribution in [3.8, 4) is 0 Å². The molecule has 1 aliphatic heterocycles. The van der Waals surface area contributed by atoms with Gasteiger partial charge in [0.2, 0.25) is 10.0 Å². The second kappa shape index (κ2) is 6.50. The molecular weight excluding hydrogens is 300 g/mol. The standard InChI is InChI=1S/C16H22N2O3S/c19-12-11-17-7-9-18(10-8-17)22(20,21)16-6-5-14-3-1-2-4-15(14)13-16/h1-4,13,19H,5-12H2. The van der Waals surface area contributed by atoms with Gasteiger partial charge in [0.15, 0.2) is 0 Å². The summed E-state index contributed by atoms with van der Waals surface area (Å²) in [5, 5.41) is 8.96. The minimum absolute atomic E-state index is 0.120. The highest BCUT2D eigenvalue weighted by molar-refractivity contribution is 7.93. The Kier molecular flexibility index (Phi) is 4.63. The smallest absolute Gasteiger partial charge is 0.239 e. The first-order valence-corrected chi connectivity index (χ1v) is 9.17. The fourth-order valence-corrected chi connectivity index (χ4v) is 4.72. The third kappa shape index (κ3) is 3.10. The molecule has 1 aliphatic carbocycles. The quantitative estimate of drug-likeness (QED) is 0.895. The summed E-state index contributed by atoms with van der Waals surface area (Å²) in [6.45, 7) is 3.11. The van der Waals surface area contributed by atoms with Gasteiger partial charge in [-0.25, -0.2) is 8.42 Å². The Bertz CT molecular complexity index is 662. The Morgan fingerprint density at radius 1 is 1.05 bits per heavy atom. The average molecular weight is 322 g/mol. The van der Waals surface area contributed by atoms with E-state index in [9.17, 15) is 8.42 Å². The maximum Gasteiger partial charge on any atom is 0.239 e. The molecule has 1 fully saturated rings. The molecule has 0 amide bonds. The molecule has 0 saturated carbocycles. The first-order valence-electron chi connectivity index (χ1n) is 7.73. The van der Waals surface area contributed by atoms with Crippen LogP contribution in [0.1, 0.15) is 17.5 Å². The Labute approximate surface area is 131 Å². The molecule has 0 unspecified atom stereocenters. The van der Waals surface area contributed by atoms with Crippen LogP contribution in [0.4, 0.5) is 0 Å². The summed E-state index contributed by atoms with van der Waals surface area (Å²) in [4.78, 5) is 2.62. The highest BCUT2D eigenvalue weighted by Crippen LogP contribution is 2.29. The molecular formula is C16H22N2O3S. The van der Waals surface area contributed by atoms with E-state index in [0.717, 1.165) is 12.0 Å². The highest BCUT2D eigenvalue weighted by Gasteiger charge is 2.31. The predicted octanol–water partition coefficient (Wildman–Crippen LogP) is 0.913. The van der Waals surface area contributed by atoms with E-state index in [1.807, 2.05) is 24.3 Å². The normalized spacial score (nSPS) is 20.5. The minimum Gasteiger partial charge on any atom is -0.395 e. The molecule has 120 valence electrons. The van der Waals surface area contributed by atoms with Gasteiger partial charge >= 0.3 is 0 Å². The van der Waals surface area contributed by atoms with Gasteiger partial charge in [-0.2, -0.15) is 4.31 Å². The van der Waals surface area contributed by atoms with Gasteiger partial charge in [0, 0.05) is 32.7 Å². The topological polar surface area (TPSA) is 60.9 Å². The average Bonchev–Trinajstić information content (AvgIpc) is 2.55. The van der Waals surface area contributed by atoms with Crippen molar-refractivity contribution in [2.45, 2.75) is 12.8 Å². The number of rotatable bonds is 4. The van der Waals surface area contributed by atoms with Gasteiger partial charge in [0.05, 0.1) is 11.5 Å². The number of β-amino-alcohol motifs (C(OH)–C–C–N with tert-alkyl or cyclic N) is 1. The first kappa shape index (κ1) is 15.7. The van der Waals surface area contributed by atoms with Crippen LogP contribution in [0.25, 0.3) is 6.08 Å². The van der Waals surface area contributed by atoms with Crippen LogP contribution in [0, 0.1) is 0 Å². The van der Waals surface area contributed by atoms with Gasteiger partial charge in [-0.15, -0.1) is 0 Å². The number of hydrogen-bond donors (Lipinski definition) is 1. The lowest BCUT2D eigenvalue weighted by Crippen LogP contribution is -2.49. The number of aliphatic hydroxyl groups excluding tert-OH is 1. The van der Waals surface area contributed by atoms with Crippen LogP contribution in [-0.2, 0) is 16.4 Å². The van der Waals surface area contributed by atoms with Crippen LogP contribution in [0.5, 0.6) is 0 Å². The monoisotopic (exact) mass is 322 g/mol. The molecule has 0 bridgehead atoms. The lowest BCUT2D eigenvalue weighted by atomic mass is 9.98. The van der Waals surface area contributed by atoms with Crippen molar-refractivity contribution < 1.29 is 13.5 Å². The van der Waals surface area contributed by atoms with Crippen molar-refractivity contribution in [1.82, 2.24) is 9.21 Å². The van der Waals surface area contributed by atoms with Crippen LogP contribution < -0.4 is 0 Å². The van der Waals surface area contributed by atoms with Crippen LogP contribution in [-0.4, -0.2) is 62.1 Å². The van der Waals surface area contributed by atoms with E-state index in [2.05, 4.69) is 11.0 Å². The predicted molar refractivity (Wildman–Crippen MR) is 86.8 cm³/mol. The molecule has 0 radical (unpaired) electrons. The van der Waals surface area contributed by atoms with Crippen LogP contribution >= 0.6 is 0 Å². The van der Waals surface area contributed by atoms with Crippen molar-refractivity contribution in [1.29, 1.82) is 0 Å². The molecule has 0 aromatic heterocycles. The summed E-state index contributed by atoms with van der Waals surface area (Å²) in [5.41, 5.74) is 2.24. The van der Waals surface area contributed by atoms with Crippen molar-refractivity contribution in [2.24, 2.45) is 0 Å². The van der Waals surface area contributed by atoms with E-state index in [1.165, 1.54) is 5.56 Å². The summed E-state index contributed by atoms with van der Waals surface area (Å²) in [6.07, 6.45) is 3.19. The summed E-state index contributed by atoms with van der Waals surface area (Å²) < 4.78 is 27.2. The highest BCUT2D eigenvalue weighted by atomic mass is 32.2. The lowest BCUT2D eigenvalue weighted by Gasteiger charge is -2.34. The SMILES string of the molecule is O=S(=O)(C1=Cc2ccccc2CC1)N1CCN(CCO)CC1. The van der Waals surface area contributed by atoms with Crippen LogP contribution in [0.15, 0.2) is 29.2 Å². The minimum atomic E-state index is -3.36. The number of sulfonamides is 1. The largest absolute Gasteiger partial charge is 0.395 e. The number of aryl methyl sites for hydroxylation is 1. The molecule has 6 heteroatoms. The molecule has 1 aromatic carbocycles. The van der Waals surface area contributed by atoms with Crippen LogP contribution in [0.2, 0.25) is 0 Å². The van der Waals surface area contributed by atoms with E-state index in [-0.39, 0.29) is 6.61 Å². The Hall–Kier alpha value is -1.21. The zero-order valence-electron chi connectivity index (χ0n) is 12.6. The molecule has 1 saturated heterocycles. The van der Waals surface area contributed by atoms with Crippen LogP contribution in [0.3, 0.4) is 0 Å². The summed E-state index contributed by atoms with van der Waals surface area (Å²) in [7, 11) is -3.36. The van der Waals surface area contributed by atoms with Gasteiger partial charge < -0.3 is 5.11 Å². The van der Waals surface area contributed by atoms with E-state index in [0.29, 0.717) is 44.0 Å². The zero-order valence-corrected chi connectivity index (χ0v) is 13.4. The summed E-state index contributed by atoms with van der Waals surface area (Å²) >= 11 is 0. The number of piperazine rings is 1. The number of aliphatic hydroxyl groups is 1. The molecule has 1 aromatic rings. The second-order valence-electron chi connectivity index (χ2n) is 5.78. The van der Waals surface area contributed by atoms with E-state index < -0.39 is 10.0 Å². The molecule has 3 rings (SSSR count). The lowest BCUT2D eigenvalue weighted by molar-refractivity contribution is 0.152. The van der Waals surface area contributed by atoms with Gasteiger partial charge in [-0.05, 0) is 30.0 Å². The number of hydrogen-bond acceptors (Lipinski definition) is 4. The number of nitrogens with zero attached hydrogens (tertiary/aromatic N) is 2. The maximum absolute atomic E-state index is 12.8. The number of fused-ring (bicyclic) bond motifs is 1. The van der Waals surface area contributed by atoms with Gasteiger partial charge in [0.25, 0.3) is 0 Å². The third-order valence-electron chi connectivity index (χ3n) is 4.43. The third-order valence-corrected chi connectivity index (χ3v) is 6.46. The Morgan fingerprint density at radius 3 is 2.50 bits per heavy atom. The zero-order chi connectivity index (χ0) is 15.6. The van der Waals surface area contributed by atoms with E-state index in [1.54, 1.807) is 4.31 Å². The molecule has 2 aliphatic rings. The van der Waals surface area contributed by atoms with Crippen molar-refractivity contribution in [3.05, 3.63) is 40.3 Å². The maximum atomic E-state index is 12.8. The van der Waals surface area contributed by atoms with Crippen molar-refractivity contribution >= 4 is 16.1 Å². The number of benzene rings is 1. The fraction of sp³-hybridized carbons (Fsp3) is 0.500.